The Kier molecular flexibility index (Phi) is 2.19. The average molecular weight is 278 g/mol. The Balaban J connectivity index is 2.37. The van der Waals surface area contributed by atoms with E-state index >= 15 is 0 Å². The zero-order valence-corrected chi connectivity index (χ0v) is 11.3. The Hall–Kier alpha value is -0.760. The Morgan fingerprint density at radius 3 is 2.94 bits per heavy atom. The van der Waals surface area contributed by atoms with E-state index in [9.17, 15) is 0 Å². The van der Waals surface area contributed by atoms with Crippen LogP contribution in [0.25, 0.3) is 10.9 Å². The lowest BCUT2D eigenvalue weighted by Gasteiger charge is -2.29. The quantitative estimate of drug-likeness (QED) is 0.728. The number of aromatic amines is 1. The predicted octanol–water partition coefficient (Wildman–Crippen LogP) is 4.54. The first-order chi connectivity index (χ1) is 7.59. The molecule has 2 heteroatoms. The third kappa shape index (κ3) is 1.36. The zero-order chi connectivity index (χ0) is 11.3. The maximum atomic E-state index is 3.63. The molecular formula is C14H16BrN. The Labute approximate surface area is 104 Å². The van der Waals surface area contributed by atoms with E-state index < -0.39 is 0 Å². The van der Waals surface area contributed by atoms with Crippen LogP contribution in [0.3, 0.4) is 0 Å². The second kappa shape index (κ2) is 3.36. The van der Waals surface area contributed by atoms with Crippen LogP contribution in [0.15, 0.2) is 22.7 Å². The Morgan fingerprint density at radius 2 is 2.12 bits per heavy atom. The molecule has 2 aromatic rings. The number of hydrogen-bond donors (Lipinski definition) is 1. The van der Waals surface area contributed by atoms with Gasteiger partial charge in [-0.3, -0.25) is 0 Å². The van der Waals surface area contributed by atoms with Gasteiger partial charge < -0.3 is 4.98 Å². The molecule has 0 amide bonds. The number of fused-ring (bicyclic) bond motifs is 3. The first kappa shape index (κ1) is 10.4. The summed E-state index contributed by atoms with van der Waals surface area (Å²) in [5.41, 5.74) is 4.54. The molecular weight excluding hydrogens is 262 g/mol. The third-order valence-electron chi connectivity index (χ3n) is 3.80. The van der Waals surface area contributed by atoms with Gasteiger partial charge in [0, 0.05) is 21.0 Å². The molecule has 1 aromatic carbocycles. The highest BCUT2D eigenvalue weighted by molar-refractivity contribution is 9.10. The van der Waals surface area contributed by atoms with Gasteiger partial charge in [0.2, 0.25) is 0 Å². The van der Waals surface area contributed by atoms with Crippen molar-refractivity contribution < 1.29 is 0 Å². The molecule has 0 fully saturated rings. The lowest BCUT2D eigenvalue weighted by atomic mass is 9.76. The molecule has 0 aliphatic heterocycles. The maximum Gasteiger partial charge on any atom is 0.0603 e. The lowest BCUT2D eigenvalue weighted by Crippen LogP contribution is -2.23. The summed E-state index contributed by atoms with van der Waals surface area (Å²) in [5.74, 6) is 0. The summed E-state index contributed by atoms with van der Waals surface area (Å²) in [4.78, 5) is 3.63. The molecule has 0 unspecified atom stereocenters. The van der Waals surface area contributed by atoms with Gasteiger partial charge in [-0.15, -0.1) is 0 Å². The Bertz CT molecular complexity index is 551. The molecule has 84 valence electrons. The van der Waals surface area contributed by atoms with E-state index in [0.717, 1.165) is 0 Å². The van der Waals surface area contributed by atoms with Crippen molar-refractivity contribution in [2.24, 2.45) is 0 Å². The number of para-hydroxylation sites is 1. The van der Waals surface area contributed by atoms with Gasteiger partial charge in [0.15, 0.2) is 0 Å². The first-order valence-electron chi connectivity index (χ1n) is 5.89. The molecule has 1 heterocycles. The molecule has 0 bridgehead atoms. The van der Waals surface area contributed by atoms with Crippen LogP contribution < -0.4 is 0 Å². The summed E-state index contributed by atoms with van der Waals surface area (Å²) in [5, 5.41) is 1.40. The molecule has 0 saturated carbocycles. The van der Waals surface area contributed by atoms with Crippen LogP contribution >= 0.6 is 15.9 Å². The van der Waals surface area contributed by atoms with Crippen LogP contribution in [-0.2, 0) is 11.8 Å². The molecule has 1 nitrogen and oxygen atoms in total. The highest BCUT2D eigenvalue weighted by Gasteiger charge is 2.30. The van der Waals surface area contributed by atoms with Gasteiger partial charge in [-0.2, -0.15) is 0 Å². The van der Waals surface area contributed by atoms with Gasteiger partial charge in [0.25, 0.3) is 0 Å². The van der Waals surface area contributed by atoms with E-state index in [1.165, 1.54) is 45.9 Å². The van der Waals surface area contributed by atoms with E-state index in [4.69, 9.17) is 0 Å². The normalized spacial score (nSPS) is 18.7. The zero-order valence-electron chi connectivity index (χ0n) is 9.73. The maximum absolute atomic E-state index is 3.63. The molecule has 0 atom stereocenters. The van der Waals surface area contributed by atoms with E-state index in [1.54, 1.807) is 0 Å². The summed E-state index contributed by atoms with van der Waals surface area (Å²) in [6.45, 7) is 4.68. The summed E-state index contributed by atoms with van der Waals surface area (Å²) in [6, 6.07) is 6.47. The van der Waals surface area contributed by atoms with Crippen molar-refractivity contribution in [3.8, 4) is 0 Å². The molecule has 3 rings (SSSR count). The molecule has 1 aliphatic carbocycles. The van der Waals surface area contributed by atoms with E-state index in [-0.39, 0.29) is 0 Å². The number of nitrogens with one attached hydrogen (secondary N) is 1. The highest BCUT2D eigenvalue weighted by Crippen LogP contribution is 2.41. The van der Waals surface area contributed by atoms with Crippen molar-refractivity contribution in [3.63, 3.8) is 0 Å². The monoisotopic (exact) mass is 277 g/mol. The minimum absolute atomic E-state index is 0.298. The SMILES string of the molecule is CC1(C)CCCc2c1[nH]c1c(Br)cccc21. The predicted molar refractivity (Wildman–Crippen MR) is 72.0 cm³/mol. The van der Waals surface area contributed by atoms with E-state index in [1.807, 2.05) is 0 Å². The fraction of sp³-hybridized carbons (Fsp3) is 0.429. The van der Waals surface area contributed by atoms with Crippen LogP contribution in [0.5, 0.6) is 0 Å². The Morgan fingerprint density at radius 1 is 1.31 bits per heavy atom. The minimum atomic E-state index is 0.298. The van der Waals surface area contributed by atoms with Gasteiger partial charge >= 0.3 is 0 Å². The number of aromatic nitrogens is 1. The van der Waals surface area contributed by atoms with Crippen molar-refractivity contribution in [2.45, 2.75) is 38.5 Å². The lowest BCUT2D eigenvalue weighted by molar-refractivity contribution is 0.423. The van der Waals surface area contributed by atoms with Crippen molar-refractivity contribution in [3.05, 3.63) is 33.9 Å². The second-order valence-electron chi connectivity index (χ2n) is 5.38. The van der Waals surface area contributed by atoms with Gasteiger partial charge in [-0.25, -0.2) is 0 Å². The van der Waals surface area contributed by atoms with Crippen LogP contribution in [0.4, 0.5) is 0 Å². The van der Waals surface area contributed by atoms with E-state index in [2.05, 4.69) is 53.0 Å². The van der Waals surface area contributed by atoms with Crippen LogP contribution in [-0.4, -0.2) is 4.98 Å². The van der Waals surface area contributed by atoms with Crippen molar-refractivity contribution in [1.29, 1.82) is 0 Å². The fourth-order valence-corrected chi connectivity index (χ4v) is 3.37. The number of benzene rings is 1. The first-order valence-corrected chi connectivity index (χ1v) is 6.68. The number of rotatable bonds is 0. The van der Waals surface area contributed by atoms with E-state index in [0.29, 0.717) is 5.41 Å². The number of H-pyrrole nitrogens is 1. The van der Waals surface area contributed by atoms with Gasteiger partial charge in [0.1, 0.15) is 0 Å². The highest BCUT2D eigenvalue weighted by atomic mass is 79.9. The van der Waals surface area contributed by atoms with Gasteiger partial charge in [-0.1, -0.05) is 26.0 Å². The second-order valence-corrected chi connectivity index (χ2v) is 6.23. The summed E-state index contributed by atoms with van der Waals surface area (Å²) < 4.78 is 1.18. The fourth-order valence-electron chi connectivity index (χ4n) is 2.91. The molecule has 1 N–H and O–H groups in total. The number of halogens is 1. The largest absolute Gasteiger partial charge is 0.357 e. The molecule has 1 aliphatic rings. The van der Waals surface area contributed by atoms with Crippen molar-refractivity contribution in [1.82, 2.24) is 4.98 Å². The molecule has 0 saturated heterocycles. The van der Waals surface area contributed by atoms with Crippen LogP contribution in [0.1, 0.15) is 37.9 Å². The number of aryl methyl sites for hydroxylation is 1. The summed E-state index contributed by atoms with van der Waals surface area (Å²) in [6.07, 6.45) is 3.80. The molecule has 0 spiro atoms. The topological polar surface area (TPSA) is 15.8 Å². The average Bonchev–Trinajstić information content (AvgIpc) is 2.60. The van der Waals surface area contributed by atoms with Gasteiger partial charge in [0.05, 0.1) is 5.52 Å². The standard InChI is InChI=1S/C14H16BrN/c1-14(2)8-4-6-10-9-5-3-7-11(15)12(9)16-13(10)14/h3,5,7,16H,4,6,8H2,1-2H3. The molecule has 0 radical (unpaired) electrons. The van der Waals surface area contributed by atoms with Crippen LogP contribution in [0, 0.1) is 0 Å². The van der Waals surface area contributed by atoms with Crippen molar-refractivity contribution >= 4 is 26.8 Å². The number of hydrogen-bond acceptors (Lipinski definition) is 0. The van der Waals surface area contributed by atoms with Gasteiger partial charge in [-0.05, 0) is 46.8 Å². The molecule has 1 aromatic heterocycles. The smallest absolute Gasteiger partial charge is 0.0603 e. The van der Waals surface area contributed by atoms with Crippen molar-refractivity contribution in [2.75, 3.05) is 0 Å². The molecule has 16 heavy (non-hydrogen) atoms. The van der Waals surface area contributed by atoms with Crippen LogP contribution in [0.2, 0.25) is 0 Å². The minimum Gasteiger partial charge on any atom is -0.357 e. The summed E-state index contributed by atoms with van der Waals surface area (Å²) in [7, 11) is 0. The summed E-state index contributed by atoms with van der Waals surface area (Å²) >= 11 is 3.63. The third-order valence-corrected chi connectivity index (χ3v) is 4.46.